The number of fused-ring (bicyclic) bond motifs is 1. The number of aromatic nitrogens is 1. The molecular formula is C15H14N2O3S. The van der Waals surface area contributed by atoms with Gasteiger partial charge in [-0.1, -0.05) is 6.92 Å². The zero-order valence-corrected chi connectivity index (χ0v) is 12.5. The Balaban J connectivity index is 2.37. The molecule has 0 aliphatic carbocycles. The van der Waals surface area contributed by atoms with Crippen LogP contribution in [0.3, 0.4) is 0 Å². The van der Waals surface area contributed by atoms with Gasteiger partial charge in [0, 0.05) is 11.4 Å². The van der Waals surface area contributed by atoms with Gasteiger partial charge < -0.3 is 14.9 Å². The van der Waals surface area contributed by atoms with Crippen LogP contribution in [0.15, 0.2) is 32.2 Å². The van der Waals surface area contributed by atoms with E-state index in [1.54, 1.807) is 30.1 Å². The van der Waals surface area contributed by atoms with Gasteiger partial charge in [0.2, 0.25) is 11.3 Å². The third-order valence-electron chi connectivity index (χ3n) is 3.39. The lowest BCUT2D eigenvalue weighted by atomic mass is 10.1. The Morgan fingerprint density at radius 1 is 1.43 bits per heavy atom. The van der Waals surface area contributed by atoms with Crippen LogP contribution in [0, 0.1) is 0 Å². The molecule has 2 N–H and O–H groups in total. The van der Waals surface area contributed by atoms with E-state index in [-0.39, 0.29) is 11.3 Å². The molecule has 0 saturated carbocycles. The number of rotatable bonds is 3. The highest BCUT2D eigenvalue weighted by molar-refractivity contribution is 7.07. The highest BCUT2D eigenvalue weighted by Gasteiger charge is 2.17. The molecule has 0 unspecified atom stereocenters. The van der Waals surface area contributed by atoms with Crippen molar-refractivity contribution in [3.63, 3.8) is 0 Å². The molecule has 0 saturated heterocycles. The molecule has 0 aliphatic heterocycles. The molecule has 0 aliphatic rings. The van der Waals surface area contributed by atoms with Gasteiger partial charge in [-0.3, -0.25) is 4.79 Å². The highest BCUT2D eigenvalue weighted by atomic mass is 32.1. The predicted octanol–water partition coefficient (Wildman–Crippen LogP) is 3.07. The molecule has 0 radical (unpaired) electrons. The number of nitrogens with two attached hydrogens (primary N) is 1. The molecule has 3 rings (SSSR count). The van der Waals surface area contributed by atoms with Gasteiger partial charge in [0.05, 0.1) is 23.7 Å². The second-order valence-corrected chi connectivity index (χ2v) is 5.28. The molecule has 0 fully saturated rings. The van der Waals surface area contributed by atoms with Crippen molar-refractivity contribution in [3.05, 3.63) is 38.8 Å². The number of methoxy groups -OCH3 is 1. The Labute approximate surface area is 125 Å². The van der Waals surface area contributed by atoms with Gasteiger partial charge in [-0.15, -0.1) is 11.3 Å². The van der Waals surface area contributed by atoms with Gasteiger partial charge in [-0.2, -0.15) is 0 Å². The first-order valence-electron chi connectivity index (χ1n) is 6.47. The predicted molar refractivity (Wildman–Crippen MR) is 83.9 cm³/mol. The van der Waals surface area contributed by atoms with E-state index in [4.69, 9.17) is 14.9 Å². The summed E-state index contributed by atoms with van der Waals surface area (Å²) in [4.78, 5) is 16.8. The Morgan fingerprint density at radius 3 is 2.86 bits per heavy atom. The van der Waals surface area contributed by atoms with Gasteiger partial charge in [0.15, 0.2) is 0 Å². The summed E-state index contributed by atoms with van der Waals surface area (Å²) in [5.41, 5.74) is 9.62. The lowest BCUT2D eigenvalue weighted by Gasteiger charge is -2.09. The van der Waals surface area contributed by atoms with Crippen LogP contribution in [0.25, 0.3) is 22.2 Å². The van der Waals surface area contributed by atoms with Gasteiger partial charge in [-0.05, 0) is 18.1 Å². The Kier molecular flexibility index (Phi) is 3.39. The number of hydrogen-bond donors (Lipinski definition) is 1. The van der Waals surface area contributed by atoms with Crippen molar-refractivity contribution < 1.29 is 9.15 Å². The summed E-state index contributed by atoms with van der Waals surface area (Å²) in [7, 11) is 1.59. The fraction of sp³-hybridized carbons (Fsp3) is 0.200. The Bertz CT molecular complexity index is 853. The van der Waals surface area contributed by atoms with Crippen molar-refractivity contribution in [2.75, 3.05) is 12.8 Å². The van der Waals surface area contributed by atoms with Crippen molar-refractivity contribution in [1.29, 1.82) is 0 Å². The number of aryl methyl sites for hydroxylation is 1. The zero-order valence-electron chi connectivity index (χ0n) is 11.7. The van der Waals surface area contributed by atoms with Crippen LogP contribution in [-0.2, 0) is 6.42 Å². The van der Waals surface area contributed by atoms with Gasteiger partial charge in [0.1, 0.15) is 16.9 Å². The number of hydrogen-bond acceptors (Lipinski definition) is 6. The molecule has 2 aromatic heterocycles. The number of nitrogens with zero attached hydrogens (tertiary/aromatic N) is 1. The standard InChI is InChI=1S/C15H14N2O3S/c1-3-8-4-9-12(5-11(8)19-2)20-15(16)13(14(9)18)10-6-21-7-17-10/h4-7H,3,16H2,1-2H3. The molecule has 1 aromatic carbocycles. The summed E-state index contributed by atoms with van der Waals surface area (Å²) < 4.78 is 10.9. The highest BCUT2D eigenvalue weighted by Crippen LogP contribution is 2.30. The fourth-order valence-electron chi connectivity index (χ4n) is 2.33. The SMILES string of the molecule is CCc1cc2c(=O)c(-c3cscn3)c(N)oc2cc1OC. The van der Waals surface area contributed by atoms with Crippen molar-refractivity contribution in [1.82, 2.24) is 4.98 Å². The average Bonchev–Trinajstić information content (AvgIpc) is 3.00. The van der Waals surface area contributed by atoms with Crippen molar-refractivity contribution in [2.24, 2.45) is 0 Å². The largest absolute Gasteiger partial charge is 0.496 e. The molecule has 21 heavy (non-hydrogen) atoms. The topological polar surface area (TPSA) is 78.4 Å². The van der Waals surface area contributed by atoms with Crippen LogP contribution in [0.2, 0.25) is 0 Å². The summed E-state index contributed by atoms with van der Waals surface area (Å²) in [6, 6.07) is 3.51. The minimum absolute atomic E-state index is 0.0738. The summed E-state index contributed by atoms with van der Waals surface area (Å²) in [5.74, 6) is 0.763. The maximum Gasteiger partial charge on any atom is 0.204 e. The van der Waals surface area contributed by atoms with Gasteiger partial charge in [0.25, 0.3) is 0 Å². The van der Waals surface area contributed by atoms with E-state index in [2.05, 4.69) is 4.98 Å². The summed E-state index contributed by atoms with van der Waals surface area (Å²) in [6.07, 6.45) is 0.759. The monoisotopic (exact) mass is 302 g/mol. The number of nitrogen functional groups attached to an aromatic ring is 1. The third kappa shape index (κ3) is 2.17. The second-order valence-electron chi connectivity index (χ2n) is 4.56. The molecule has 0 bridgehead atoms. The first kappa shape index (κ1) is 13.6. The first-order valence-corrected chi connectivity index (χ1v) is 7.41. The summed E-state index contributed by atoms with van der Waals surface area (Å²) in [6.45, 7) is 2.00. The van der Waals surface area contributed by atoms with E-state index in [0.29, 0.717) is 28.0 Å². The van der Waals surface area contributed by atoms with E-state index in [1.807, 2.05) is 6.92 Å². The Morgan fingerprint density at radius 2 is 2.24 bits per heavy atom. The molecular weight excluding hydrogens is 288 g/mol. The van der Waals surface area contributed by atoms with Gasteiger partial charge >= 0.3 is 0 Å². The molecule has 2 heterocycles. The van der Waals surface area contributed by atoms with Crippen LogP contribution >= 0.6 is 11.3 Å². The molecule has 108 valence electrons. The first-order chi connectivity index (χ1) is 10.2. The quantitative estimate of drug-likeness (QED) is 0.804. The van der Waals surface area contributed by atoms with E-state index in [0.717, 1.165) is 12.0 Å². The lowest BCUT2D eigenvalue weighted by Crippen LogP contribution is -2.09. The summed E-state index contributed by atoms with van der Waals surface area (Å²) in [5, 5.41) is 2.27. The average molecular weight is 302 g/mol. The van der Waals surface area contributed by atoms with E-state index in [1.165, 1.54) is 11.3 Å². The Hall–Kier alpha value is -2.34. The second kappa shape index (κ2) is 5.21. The van der Waals surface area contributed by atoms with Crippen LogP contribution in [0.5, 0.6) is 5.75 Å². The molecule has 5 nitrogen and oxygen atoms in total. The minimum Gasteiger partial charge on any atom is -0.496 e. The van der Waals surface area contributed by atoms with Crippen molar-refractivity contribution in [2.45, 2.75) is 13.3 Å². The summed E-state index contributed by atoms with van der Waals surface area (Å²) >= 11 is 1.40. The number of benzene rings is 1. The number of thiazole rings is 1. The number of ether oxygens (including phenoxy) is 1. The maximum absolute atomic E-state index is 12.7. The third-order valence-corrected chi connectivity index (χ3v) is 3.98. The van der Waals surface area contributed by atoms with E-state index in [9.17, 15) is 4.79 Å². The molecule has 0 amide bonds. The van der Waals surface area contributed by atoms with Crippen molar-refractivity contribution in [3.8, 4) is 17.0 Å². The minimum atomic E-state index is -0.169. The molecule has 0 spiro atoms. The van der Waals surface area contributed by atoms with Gasteiger partial charge in [-0.25, -0.2) is 4.98 Å². The van der Waals surface area contributed by atoms with E-state index >= 15 is 0 Å². The van der Waals surface area contributed by atoms with Crippen LogP contribution in [0.4, 0.5) is 5.88 Å². The maximum atomic E-state index is 12.7. The van der Waals surface area contributed by atoms with Crippen molar-refractivity contribution >= 4 is 28.2 Å². The van der Waals surface area contributed by atoms with E-state index < -0.39 is 0 Å². The fourth-order valence-corrected chi connectivity index (χ4v) is 2.87. The molecule has 6 heteroatoms. The lowest BCUT2D eigenvalue weighted by molar-refractivity contribution is 0.410. The van der Waals surface area contributed by atoms with Crippen LogP contribution in [-0.4, -0.2) is 12.1 Å². The normalized spacial score (nSPS) is 11.0. The number of anilines is 1. The zero-order chi connectivity index (χ0) is 15.0. The smallest absolute Gasteiger partial charge is 0.204 e. The van der Waals surface area contributed by atoms with Crippen LogP contribution < -0.4 is 15.9 Å². The molecule has 3 aromatic rings. The molecule has 0 atom stereocenters. The van der Waals surface area contributed by atoms with Crippen LogP contribution in [0.1, 0.15) is 12.5 Å².